The molecule has 0 radical (unpaired) electrons. The maximum Gasteiger partial charge on any atom is 0.244 e. The SMILES string of the molecule is CC1CCCCCC1N1C(=O)C2(CC2)NC1C. The molecule has 1 spiro atoms. The molecule has 3 aliphatic rings. The molecule has 1 aliphatic heterocycles. The van der Waals surface area contributed by atoms with Crippen molar-refractivity contribution in [1.82, 2.24) is 10.2 Å². The largest absolute Gasteiger partial charge is 0.323 e. The van der Waals surface area contributed by atoms with Crippen LogP contribution in [0, 0.1) is 5.92 Å². The highest BCUT2D eigenvalue weighted by Crippen LogP contribution is 2.44. The second-order valence-electron chi connectivity index (χ2n) is 6.30. The van der Waals surface area contributed by atoms with Crippen LogP contribution in [0.3, 0.4) is 0 Å². The molecular weight excluding hydrogens is 212 g/mol. The van der Waals surface area contributed by atoms with Crippen LogP contribution in [0.1, 0.15) is 58.8 Å². The van der Waals surface area contributed by atoms with Gasteiger partial charge in [0, 0.05) is 6.04 Å². The molecule has 0 aromatic heterocycles. The molecule has 1 amide bonds. The molecular formula is C14H24N2O. The van der Waals surface area contributed by atoms with Crippen LogP contribution < -0.4 is 5.32 Å². The smallest absolute Gasteiger partial charge is 0.244 e. The van der Waals surface area contributed by atoms with Crippen LogP contribution in [0.25, 0.3) is 0 Å². The number of rotatable bonds is 1. The second-order valence-corrected chi connectivity index (χ2v) is 6.30. The minimum atomic E-state index is -0.133. The third-order valence-corrected chi connectivity index (χ3v) is 4.97. The summed E-state index contributed by atoms with van der Waals surface area (Å²) in [6, 6.07) is 0.479. The van der Waals surface area contributed by atoms with Crippen molar-refractivity contribution in [2.75, 3.05) is 0 Å². The van der Waals surface area contributed by atoms with Crippen molar-refractivity contribution in [2.24, 2.45) is 5.92 Å². The molecule has 17 heavy (non-hydrogen) atoms. The number of carbonyl (C=O) groups is 1. The lowest BCUT2D eigenvalue weighted by molar-refractivity contribution is -0.134. The lowest BCUT2D eigenvalue weighted by Crippen LogP contribution is -2.46. The summed E-state index contributed by atoms with van der Waals surface area (Å²) in [4.78, 5) is 14.7. The van der Waals surface area contributed by atoms with E-state index in [0.29, 0.717) is 17.9 Å². The Bertz CT molecular complexity index is 324. The number of nitrogens with one attached hydrogen (secondary N) is 1. The highest BCUT2D eigenvalue weighted by Gasteiger charge is 2.59. The fourth-order valence-corrected chi connectivity index (χ4v) is 3.76. The third kappa shape index (κ3) is 1.79. The van der Waals surface area contributed by atoms with Crippen LogP contribution in [0.5, 0.6) is 0 Å². The van der Waals surface area contributed by atoms with Gasteiger partial charge in [0.2, 0.25) is 5.91 Å². The zero-order chi connectivity index (χ0) is 12.0. The van der Waals surface area contributed by atoms with Crippen LogP contribution in [-0.2, 0) is 4.79 Å². The molecule has 1 saturated heterocycles. The van der Waals surface area contributed by atoms with E-state index in [1.807, 2.05) is 0 Å². The maximum absolute atomic E-state index is 12.5. The fraction of sp³-hybridized carbons (Fsp3) is 0.929. The first-order chi connectivity index (χ1) is 8.14. The van der Waals surface area contributed by atoms with E-state index >= 15 is 0 Å². The number of hydrogen-bond acceptors (Lipinski definition) is 2. The summed E-state index contributed by atoms with van der Waals surface area (Å²) >= 11 is 0. The Hall–Kier alpha value is -0.570. The van der Waals surface area contributed by atoms with Gasteiger partial charge in [-0.1, -0.05) is 26.2 Å². The average Bonchev–Trinajstić information content (AvgIpc) is 3.03. The highest BCUT2D eigenvalue weighted by molar-refractivity contribution is 5.92. The number of amides is 1. The first-order valence-electron chi connectivity index (χ1n) is 7.24. The predicted octanol–water partition coefficient (Wildman–Crippen LogP) is 2.27. The molecule has 1 N–H and O–H groups in total. The summed E-state index contributed by atoms with van der Waals surface area (Å²) in [7, 11) is 0. The minimum Gasteiger partial charge on any atom is -0.323 e. The molecule has 0 aromatic rings. The van der Waals surface area contributed by atoms with E-state index in [0.717, 1.165) is 12.8 Å². The van der Waals surface area contributed by atoms with E-state index in [2.05, 4.69) is 24.1 Å². The quantitative estimate of drug-likeness (QED) is 0.708. The van der Waals surface area contributed by atoms with Gasteiger partial charge in [-0.05, 0) is 38.5 Å². The number of nitrogens with zero attached hydrogens (tertiary/aromatic N) is 1. The average molecular weight is 236 g/mol. The molecule has 3 heteroatoms. The van der Waals surface area contributed by atoms with E-state index < -0.39 is 0 Å². The Morgan fingerprint density at radius 3 is 2.53 bits per heavy atom. The Balaban J connectivity index is 1.80. The van der Waals surface area contributed by atoms with Crippen molar-refractivity contribution in [3.8, 4) is 0 Å². The highest BCUT2D eigenvalue weighted by atomic mass is 16.2. The van der Waals surface area contributed by atoms with Gasteiger partial charge in [-0.25, -0.2) is 0 Å². The number of hydrogen-bond donors (Lipinski definition) is 1. The Morgan fingerprint density at radius 2 is 1.88 bits per heavy atom. The second kappa shape index (κ2) is 3.98. The van der Waals surface area contributed by atoms with Crippen molar-refractivity contribution in [2.45, 2.75) is 76.5 Å². The minimum absolute atomic E-state index is 0.133. The van der Waals surface area contributed by atoms with Crippen molar-refractivity contribution < 1.29 is 4.79 Å². The van der Waals surface area contributed by atoms with Gasteiger partial charge < -0.3 is 4.90 Å². The molecule has 3 unspecified atom stereocenters. The molecule has 3 nitrogen and oxygen atoms in total. The summed E-state index contributed by atoms with van der Waals surface area (Å²) in [6.45, 7) is 4.48. The first kappa shape index (κ1) is 11.5. The maximum atomic E-state index is 12.5. The van der Waals surface area contributed by atoms with Crippen LogP contribution in [0.2, 0.25) is 0 Å². The first-order valence-corrected chi connectivity index (χ1v) is 7.24. The molecule has 3 atom stereocenters. The van der Waals surface area contributed by atoms with Gasteiger partial charge in [0.1, 0.15) is 0 Å². The van der Waals surface area contributed by atoms with Crippen LogP contribution in [-0.4, -0.2) is 28.6 Å². The van der Waals surface area contributed by atoms with Gasteiger partial charge in [0.15, 0.2) is 0 Å². The third-order valence-electron chi connectivity index (χ3n) is 4.97. The van der Waals surface area contributed by atoms with Crippen molar-refractivity contribution in [3.63, 3.8) is 0 Å². The topological polar surface area (TPSA) is 32.3 Å². The van der Waals surface area contributed by atoms with E-state index in [1.54, 1.807) is 0 Å². The Kier molecular flexibility index (Phi) is 2.69. The van der Waals surface area contributed by atoms with Gasteiger partial charge in [-0.3, -0.25) is 10.1 Å². The van der Waals surface area contributed by atoms with E-state index in [-0.39, 0.29) is 11.7 Å². The van der Waals surface area contributed by atoms with E-state index in [9.17, 15) is 4.79 Å². The Morgan fingerprint density at radius 1 is 1.18 bits per heavy atom. The molecule has 1 heterocycles. The van der Waals surface area contributed by atoms with Crippen LogP contribution in [0.4, 0.5) is 0 Å². The zero-order valence-electron chi connectivity index (χ0n) is 11.0. The summed E-state index contributed by atoms with van der Waals surface area (Å²) in [5.41, 5.74) is -0.133. The Labute approximate surface area is 104 Å². The number of carbonyl (C=O) groups excluding carboxylic acids is 1. The van der Waals surface area contributed by atoms with Crippen LogP contribution in [0.15, 0.2) is 0 Å². The van der Waals surface area contributed by atoms with Gasteiger partial charge in [0.25, 0.3) is 0 Å². The molecule has 2 saturated carbocycles. The van der Waals surface area contributed by atoms with E-state index in [1.165, 1.54) is 32.1 Å². The van der Waals surface area contributed by atoms with Crippen LogP contribution >= 0.6 is 0 Å². The van der Waals surface area contributed by atoms with Gasteiger partial charge in [-0.15, -0.1) is 0 Å². The molecule has 2 aliphatic carbocycles. The fourth-order valence-electron chi connectivity index (χ4n) is 3.76. The lowest BCUT2D eigenvalue weighted by atomic mass is 9.95. The van der Waals surface area contributed by atoms with Gasteiger partial charge in [-0.2, -0.15) is 0 Å². The summed E-state index contributed by atoms with van der Waals surface area (Å²) in [5, 5.41) is 3.52. The molecule has 96 valence electrons. The predicted molar refractivity (Wildman–Crippen MR) is 67.4 cm³/mol. The normalized spacial score (nSPS) is 40.7. The zero-order valence-corrected chi connectivity index (χ0v) is 11.0. The van der Waals surface area contributed by atoms with Gasteiger partial charge >= 0.3 is 0 Å². The summed E-state index contributed by atoms with van der Waals surface area (Å²) in [6.07, 6.45) is 8.81. The standard InChI is InChI=1S/C14H24N2O/c1-10-6-4-3-5-7-12(10)16-11(2)15-14(8-9-14)13(16)17/h10-12,15H,3-9H2,1-2H3. The lowest BCUT2D eigenvalue weighted by Gasteiger charge is -2.34. The summed E-state index contributed by atoms with van der Waals surface area (Å²) in [5.74, 6) is 1.06. The summed E-state index contributed by atoms with van der Waals surface area (Å²) < 4.78 is 0. The molecule has 3 fully saturated rings. The molecule has 0 aromatic carbocycles. The molecule has 3 rings (SSSR count). The van der Waals surface area contributed by atoms with Gasteiger partial charge in [0.05, 0.1) is 11.7 Å². The molecule has 0 bridgehead atoms. The van der Waals surface area contributed by atoms with Crippen molar-refractivity contribution in [1.29, 1.82) is 0 Å². The van der Waals surface area contributed by atoms with Crippen molar-refractivity contribution >= 4 is 5.91 Å². The monoisotopic (exact) mass is 236 g/mol. The van der Waals surface area contributed by atoms with Crippen molar-refractivity contribution in [3.05, 3.63) is 0 Å². The van der Waals surface area contributed by atoms with E-state index in [4.69, 9.17) is 0 Å².